The number of benzene rings is 2. The Hall–Kier alpha value is -2.39. The zero-order valence-electron chi connectivity index (χ0n) is 12.6. The van der Waals surface area contributed by atoms with E-state index in [0.29, 0.717) is 0 Å². The maximum Gasteiger partial charge on any atom is 0.0926 e. The van der Waals surface area contributed by atoms with Crippen molar-refractivity contribution in [2.45, 2.75) is 19.4 Å². The molecule has 3 aromatic rings. The van der Waals surface area contributed by atoms with Crippen LogP contribution in [-0.2, 0) is 6.42 Å². The molecular formula is C19H19N3. The molecule has 0 bridgehead atoms. The van der Waals surface area contributed by atoms with Crippen LogP contribution in [0.5, 0.6) is 0 Å². The van der Waals surface area contributed by atoms with E-state index in [0.717, 1.165) is 18.7 Å². The van der Waals surface area contributed by atoms with Crippen LogP contribution in [0.25, 0.3) is 11.1 Å². The van der Waals surface area contributed by atoms with Gasteiger partial charge in [-0.15, -0.1) is 0 Å². The summed E-state index contributed by atoms with van der Waals surface area (Å²) in [6.45, 7) is 3.14. The van der Waals surface area contributed by atoms with Crippen LogP contribution in [0, 0.1) is 6.92 Å². The third-order valence-electron chi connectivity index (χ3n) is 4.42. The van der Waals surface area contributed by atoms with Crippen molar-refractivity contribution < 1.29 is 0 Å². The number of aromatic nitrogens is 2. The molecule has 110 valence electrons. The van der Waals surface area contributed by atoms with Crippen LogP contribution in [0.3, 0.4) is 0 Å². The number of H-pyrrole nitrogens is 1. The first kappa shape index (κ1) is 13.3. The molecule has 2 N–H and O–H groups in total. The van der Waals surface area contributed by atoms with Crippen LogP contribution < -0.4 is 5.32 Å². The average Bonchev–Trinajstić information content (AvgIpc) is 3.04. The lowest BCUT2D eigenvalue weighted by Crippen LogP contribution is -2.30. The number of aryl methyl sites for hydroxylation is 1. The highest BCUT2D eigenvalue weighted by atomic mass is 15.0. The average molecular weight is 289 g/mol. The smallest absolute Gasteiger partial charge is 0.0926 e. The molecular weight excluding hydrogens is 270 g/mol. The summed E-state index contributed by atoms with van der Waals surface area (Å²) in [5, 5.41) is 3.59. The molecule has 0 radical (unpaired) electrons. The van der Waals surface area contributed by atoms with Gasteiger partial charge in [0.05, 0.1) is 18.1 Å². The highest BCUT2D eigenvalue weighted by Gasteiger charge is 2.23. The topological polar surface area (TPSA) is 40.7 Å². The molecule has 1 aliphatic rings. The summed E-state index contributed by atoms with van der Waals surface area (Å²) < 4.78 is 0. The van der Waals surface area contributed by atoms with Gasteiger partial charge in [-0.3, -0.25) is 0 Å². The van der Waals surface area contributed by atoms with Crippen LogP contribution in [0.4, 0.5) is 0 Å². The summed E-state index contributed by atoms with van der Waals surface area (Å²) >= 11 is 0. The lowest BCUT2D eigenvalue weighted by Gasteiger charge is -2.24. The Morgan fingerprint density at radius 3 is 2.91 bits per heavy atom. The number of aromatic amines is 1. The predicted octanol–water partition coefficient (Wildman–Crippen LogP) is 3.62. The lowest BCUT2D eigenvalue weighted by atomic mass is 9.93. The number of nitrogens with zero attached hydrogens (tertiary/aromatic N) is 1. The fraction of sp³-hybridized carbons (Fsp3) is 0.211. The van der Waals surface area contributed by atoms with Gasteiger partial charge in [-0.05, 0) is 35.2 Å². The van der Waals surface area contributed by atoms with Gasteiger partial charge in [-0.1, -0.05) is 42.5 Å². The van der Waals surface area contributed by atoms with Crippen molar-refractivity contribution in [2.24, 2.45) is 0 Å². The predicted molar refractivity (Wildman–Crippen MR) is 88.8 cm³/mol. The van der Waals surface area contributed by atoms with Crippen molar-refractivity contribution in [2.75, 3.05) is 6.54 Å². The first-order valence-corrected chi connectivity index (χ1v) is 7.74. The molecule has 0 saturated heterocycles. The van der Waals surface area contributed by atoms with Gasteiger partial charge in [0.25, 0.3) is 0 Å². The second kappa shape index (κ2) is 5.43. The molecule has 1 atom stereocenters. The molecule has 0 saturated carbocycles. The Morgan fingerprint density at radius 1 is 1.09 bits per heavy atom. The van der Waals surface area contributed by atoms with Gasteiger partial charge in [0.1, 0.15) is 0 Å². The second-order valence-corrected chi connectivity index (χ2v) is 5.84. The van der Waals surface area contributed by atoms with Gasteiger partial charge in [-0.2, -0.15) is 0 Å². The lowest BCUT2D eigenvalue weighted by molar-refractivity contribution is 0.553. The normalized spacial score (nSPS) is 17.2. The standard InChI is InChI=1S/C19H19N3/c1-13-5-2-3-8-16(13)14-6-4-7-15(11-14)18-19-17(9-10-20-18)21-12-22-19/h2-8,11-12,18,20H,9-10H2,1H3,(H,21,22)/t18-/m1/s1. The van der Waals surface area contributed by atoms with Crippen molar-refractivity contribution in [1.82, 2.24) is 15.3 Å². The minimum Gasteiger partial charge on any atom is -0.348 e. The molecule has 0 spiro atoms. The first-order valence-electron chi connectivity index (χ1n) is 7.74. The molecule has 2 heterocycles. The van der Waals surface area contributed by atoms with Gasteiger partial charge >= 0.3 is 0 Å². The van der Waals surface area contributed by atoms with Crippen LogP contribution >= 0.6 is 0 Å². The summed E-state index contributed by atoms with van der Waals surface area (Å²) in [5.41, 5.74) is 7.52. The molecule has 3 nitrogen and oxygen atoms in total. The molecule has 0 aliphatic carbocycles. The number of fused-ring (bicyclic) bond motifs is 1. The Bertz CT molecular complexity index is 804. The van der Waals surface area contributed by atoms with Gasteiger partial charge in [0.2, 0.25) is 0 Å². The number of imidazole rings is 1. The van der Waals surface area contributed by atoms with E-state index in [9.17, 15) is 0 Å². The molecule has 0 fully saturated rings. The Kier molecular flexibility index (Phi) is 3.28. The maximum absolute atomic E-state index is 4.52. The quantitative estimate of drug-likeness (QED) is 0.756. The number of hydrogen-bond donors (Lipinski definition) is 2. The van der Waals surface area contributed by atoms with Crippen LogP contribution in [0.15, 0.2) is 54.9 Å². The summed E-state index contributed by atoms with van der Waals surface area (Å²) in [6, 6.07) is 17.5. The summed E-state index contributed by atoms with van der Waals surface area (Å²) in [5.74, 6) is 0. The molecule has 2 aromatic carbocycles. The van der Waals surface area contributed by atoms with E-state index in [2.05, 4.69) is 70.7 Å². The summed E-state index contributed by atoms with van der Waals surface area (Å²) in [7, 11) is 0. The monoisotopic (exact) mass is 289 g/mol. The summed E-state index contributed by atoms with van der Waals surface area (Å²) in [6.07, 6.45) is 2.82. The molecule has 1 aliphatic heterocycles. The zero-order chi connectivity index (χ0) is 14.9. The van der Waals surface area contributed by atoms with E-state index in [1.54, 1.807) is 6.33 Å². The Labute approximate surface area is 130 Å². The van der Waals surface area contributed by atoms with Gasteiger partial charge < -0.3 is 10.3 Å². The van der Waals surface area contributed by atoms with Crippen LogP contribution in [0.1, 0.15) is 28.6 Å². The van der Waals surface area contributed by atoms with Crippen molar-refractivity contribution in [3.8, 4) is 11.1 Å². The molecule has 0 amide bonds. The Balaban J connectivity index is 1.77. The van der Waals surface area contributed by atoms with E-state index in [1.807, 2.05) is 0 Å². The van der Waals surface area contributed by atoms with Gasteiger partial charge in [-0.25, -0.2) is 4.98 Å². The van der Waals surface area contributed by atoms with E-state index >= 15 is 0 Å². The highest BCUT2D eigenvalue weighted by Crippen LogP contribution is 2.30. The number of nitrogens with one attached hydrogen (secondary N) is 2. The molecule has 3 heteroatoms. The van der Waals surface area contributed by atoms with Crippen molar-refractivity contribution >= 4 is 0 Å². The number of hydrogen-bond acceptors (Lipinski definition) is 2. The van der Waals surface area contributed by atoms with E-state index < -0.39 is 0 Å². The second-order valence-electron chi connectivity index (χ2n) is 5.84. The van der Waals surface area contributed by atoms with Gasteiger partial charge in [0, 0.05) is 18.7 Å². The van der Waals surface area contributed by atoms with Gasteiger partial charge in [0.15, 0.2) is 0 Å². The van der Waals surface area contributed by atoms with Crippen molar-refractivity contribution in [1.29, 1.82) is 0 Å². The fourth-order valence-electron chi connectivity index (χ4n) is 3.28. The third-order valence-corrected chi connectivity index (χ3v) is 4.42. The number of rotatable bonds is 2. The highest BCUT2D eigenvalue weighted by molar-refractivity contribution is 5.68. The van der Waals surface area contributed by atoms with E-state index in [-0.39, 0.29) is 6.04 Å². The maximum atomic E-state index is 4.52. The SMILES string of the molecule is Cc1ccccc1-c1cccc([C@H]2NCCc3[nH]cnc32)c1. The minimum atomic E-state index is 0.180. The fourth-order valence-corrected chi connectivity index (χ4v) is 3.28. The summed E-state index contributed by atoms with van der Waals surface area (Å²) in [4.78, 5) is 7.78. The molecule has 0 unspecified atom stereocenters. The van der Waals surface area contributed by atoms with E-state index in [4.69, 9.17) is 0 Å². The third kappa shape index (κ3) is 2.24. The largest absolute Gasteiger partial charge is 0.348 e. The first-order chi connectivity index (χ1) is 10.8. The van der Waals surface area contributed by atoms with Crippen LogP contribution in [-0.4, -0.2) is 16.5 Å². The van der Waals surface area contributed by atoms with Crippen molar-refractivity contribution in [3.05, 3.63) is 77.4 Å². The van der Waals surface area contributed by atoms with Crippen molar-refractivity contribution in [3.63, 3.8) is 0 Å². The zero-order valence-corrected chi connectivity index (χ0v) is 12.6. The van der Waals surface area contributed by atoms with E-state index in [1.165, 1.54) is 27.9 Å². The minimum absolute atomic E-state index is 0.180. The molecule has 4 rings (SSSR count). The Morgan fingerprint density at radius 2 is 2.00 bits per heavy atom. The molecule has 1 aromatic heterocycles. The molecule has 22 heavy (non-hydrogen) atoms. The van der Waals surface area contributed by atoms with Crippen LogP contribution in [0.2, 0.25) is 0 Å².